The lowest BCUT2D eigenvalue weighted by Gasteiger charge is -2.25. The zero-order chi connectivity index (χ0) is 10.1. The second-order valence-corrected chi connectivity index (χ2v) is 5.52. The fraction of sp³-hybridized carbons (Fsp3) is 0.700. The standard InChI is InChI=1S/C10H18N2S/c1-8-6-13-9(11-8)12(5)7-10(2,3)4/h6H,7H2,1-5H3. The minimum atomic E-state index is 0.328. The number of anilines is 1. The van der Waals surface area contributed by atoms with E-state index in [1.54, 1.807) is 11.3 Å². The molecule has 2 nitrogen and oxygen atoms in total. The van der Waals surface area contributed by atoms with Crippen LogP contribution in [0.5, 0.6) is 0 Å². The van der Waals surface area contributed by atoms with Crippen LogP contribution in [0.1, 0.15) is 26.5 Å². The summed E-state index contributed by atoms with van der Waals surface area (Å²) in [7, 11) is 2.10. The topological polar surface area (TPSA) is 16.1 Å². The Morgan fingerprint density at radius 3 is 2.46 bits per heavy atom. The van der Waals surface area contributed by atoms with Crippen molar-refractivity contribution < 1.29 is 0 Å². The van der Waals surface area contributed by atoms with E-state index in [4.69, 9.17) is 0 Å². The van der Waals surface area contributed by atoms with Crippen molar-refractivity contribution in [2.45, 2.75) is 27.7 Å². The molecule has 0 aliphatic rings. The quantitative estimate of drug-likeness (QED) is 0.726. The van der Waals surface area contributed by atoms with E-state index in [0.717, 1.165) is 17.4 Å². The normalized spacial score (nSPS) is 11.8. The molecule has 1 aromatic rings. The van der Waals surface area contributed by atoms with Crippen LogP contribution in [0.15, 0.2) is 5.38 Å². The predicted molar refractivity (Wildman–Crippen MR) is 59.6 cm³/mol. The molecule has 0 spiro atoms. The van der Waals surface area contributed by atoms with Gasteiger partial charge in [0.25, 0.3) is 0 Å². The van der Waals surface area contributed by atoms with Crippen molar-refractivity contribution in [3.05, 3.63) is 11.1 Å². The molecule has 0 radical (unpaired) electrons. The highest BCUT2D eigenvalue weighted by Crippen LogP contribution is 2.23. The molecule has 1 rings (SSSR count). The van der Waals surface area contributed by atoms with Crippen LogP contribution in [0.3, 0.4) is 0 Å². The van der Waals surface area contributed by atoms with Gasteiger partial charge in [-0.15, -0.1) is 11.3 Å². The summed E-state index contributed by atoms with van der Waals surface area (Å²) >= 11 is 1.71. The van der Waals surface area contributed by atoms with E-state index in [1.165, 1.54) is 0 Å². The molecular weight excluding hydrogens is 180 g/mol. The van der Waals surface area contributed by atoms with E-state index >= 15 is 0 Å². The molecule has 0 atom stereocenters. The van der Waals surface area contributed by atoms with E-state index in [-0.39, 0.29) is 0 Å². The van der Waals surface area contributed by atoms with Crippen molar-refractivity contribution in [2.24, 2.45) is 5.41 Å². The van der Waals surface area contributed by atoms with Gasteiger partial charge in [0, 0.05) is 19.0 Å². The SMILES string of the molecule is Cc1csc(N(C)CC(C)(C)C)n1. The monoisotopic (exact) mass is 198 g/mol. The van der Waals surface area contributed by atoms with Crippen LogP contribution in [-0.4, -0.2) is 18.6 Å². The number of hydrogen-bond donors (Lipinski definition) is 0. The fourth-order valence-corrected chi connectivity index (χ4v) is 2.07. The van der Waals surface area contributed by atoms with Crippen molar-refractivity contribution in [1.29, 1.82) is 0 Å². The third-order valence-electron chi connectivity index (χ3n) is 1.64. The van der Waals surface area contributed by atoms with Crippen LogP contribution in [-0.2, 0) is 0 Å². The molecule has 0 aliphatic carbocycles. The van der Waals surface area contributed by atoms with Crippen molar-refractivity contribution in [3.8, 4) is 0 Å². The Bertz CT molecular complexity index is 273. The van der Waals surface area contributed by atoms with Crippen molar-refractivity contribution in [3.63, 3.8) is 0 Å². The molecule has 0 N–H and O–H groups in total. The van der Waals surface area contributed by atoms with Crippen LogP contribution in [0.4, 0.5) is 5.13 Å². The minimum Gasteiger partial charge on any atom is -0.351 e. The Hall–Kier alpha value is -0.570. The maximum absolute atomic E-state index is 4.44. The van der Waals surface area contributed by atoms with Gasteiger partial charge >= 0.3 is 0 Å². The van der Waals surface area contributed by atoms with Gasteiger partial charge in [-0.05, 0) is 12.3 Å². The molecule has 3 heteroatoms. The van der Waals surface area contributed by atoms with Gasteiger partial charge in [-0.25, -0.2) is 4.98 Å². The van der Waals surface area contributed by atoms with Gasteiger partial charge in [0.2, 0.25) is 0 Å². The first-order chi connectivity index (χ1) is 5.88. The van der Waals surface area contributed by atoms with Crippen LogP contribution in [0, 0.1) is 12.3 Å². The second kappa shape index (κ2) is 3.66. The number of rotatable bonds is 2. The van der Waals surface area contributed by atoms with Crippen molar-refractivity contribution in [2.75, 3.05) is 18.5 Å². The van der Waals surface area contributed by atoms with E-state index < -0.39 is 0 Å². The lowest BCUT2D eigenvalue weighted by molar-refractivity contribution is 0.418. The van der Waals surface area contributed by atoms with E-state index in [1.807, 2.05) is 6.92 Å². The predicted octanol–water partition coefficient (Wildman–Crippen LogP) is 2.93. The first-order valence-electron chi connectivity index (χ1n) is 4.52. The van der Waals surface area contributed by atoms with Crippen molar-refractivity contribution >= 4 is 16.5 Å². The number of aromatic nitrogens is 1. The molecule has 1 heterocycles. The molecule has 0 unspecified atom stereocenters. The first kappa shape index (κ1) is 10.5. The van der Waals surface area contributed by atoms with Crippen molar-refractivity contribution in [1.82, 2.24) is 4.98 Å². The molecular formula is C10H18N2S. The van der Waals surface area contributed by atoms with E-state index in [0.29, 0.717) is 5.41 Å². The lowest BCUT2D eigenvalue weighted by atomic mass is 9.96. The van der Waals surface area contributed by atoms with E-state index in [2.05, 4.69) is 43.1 Å². The number of thiazole rings is 1. The maximum Gasteiger partial charge on any atom is 0.185 e. The van der Waals surface area contributed by atoms with E-state index in [9.17, 15) is 0 Å². The summed E-state index contributed by atoms with van der Waals surface area (Å²) in [6, 6.07) is 0. The Morgan fingerprint density at radius 1 is 1.46 bits per heavy atom. The van der Waals surface area contributed by atoms with Gasteiger partial charge in [-0.2, -0.15) is 0 Å². The highest BCUT2D eigenvalue weighted by molar-refractivity contribution is 7.13. The second-order valence-electron chi connectivity index (χ2n) is 4.69. The molecule has 0 saturated carbocycles. The summed E-state index contributed by atoms with van der Waals surface area (Å²) in [5.74, 6) is 0. The summed E-state index contributed by atoms with van der Waals surface area (Å²) in [5.41, 5.74) is 1.44. The molecule has 0 aromatic carbocycles. The molecule has 0 fully saturated rings. The van der Waals surface area contributed by atoms with Gasteiger partial charge < -0.3 is 4.90 Å². The maximum atomic E-state index is 4.44. The Balaban J connectivity index is 2.64. The molecule has 0 amide bonds. The number of nitrogens with zero attached hydrogens (tertiary/aromatic N) is 2. The molecule has 0 aliphatic heterocycles. The van der Waals surface area contributed by atoms with Gasteiger partial charge in [0.05, 0.1) is 5.69 Å². The Labute approximate surface area is 84.6 Å². The molecule has 1 aromatic heterocycles. The summed E-state index contributed by atoms with van der Waals surface area (Å²) in [5, 5.41) is 3.21. The third-order valence-corrected chi connectivity index (χ3v) is 2.72. The summed E-state index contributed by atoms with van der Waals surface area (Å²) in [4.78, 5) is 6.66. The van der Waals surface area contributed by atoms with Crippen LogP contribution >= 0.6 is 11.3 Å². The Kier molecular flexibility index (Phi) is 2.96. The summed E-state index contributed by atoms with van der Waals surface area (Å²) < 4.78 is 0. The molecule has 74 valence electrons. The minimum absolute atomic E-state index is 0.328. The summed E-state index contributed by atoms with van der Waals surface area (Å²) in [6.45, 7) is 9.79. The number of aryl methyl sites for hydroxylation is 1. The van der Waals surface area contributed by atoms with Crippen LogP contribution in [0.2, 0.25) is 0 Å². The molecule has 13 heavy (non-hydrogen) atoms. The fourth-order valence-electron chi connectivity index (χ4n) is 1.30. The van der Waals surface area contributed by atoms with Gasteiger partial charge in [-0.1, -0.05) is 20.8 Å². The third kappa shape index (κ3) is 3.35. The zero-order valence-corrected chi connectivity index (χ0v) is 9.90. The van der Waals surface area contributed by atoms with Crippen LogP contribution in [0.25, 0.3) is 0 Å². The van der Waals surface area contributed by atoms with Gasteiger partial charge in [0.1, 0.15) is 0 Å². The lowest BCUT2D eigenvalue weighted by Crippen LogP contribution is -2.28. The highest BCUT2D eigenvalue weighted by atomic mass is 32.1. The average Bonchev–Trinajstić information content (AvgIpc) is 2.31. The smallest absolute Gasteiger partial charge is 0.185 e. The van der Waals surface area contributed by atoms with Crippen LogP contribution < -0.4 is 4.90 Å². The van der Waals surface area contributed by atoms with Gasteiger partial charge in [-0.3, -0.25) is 0 Å². The molecule has 0 bridgehead atoms. The number of hydrogen-bond acceptors (Lipinski definition) is 3. The van der Waals surface area contributed by atoms with Gasteiger partial charge in [0.15, 0.2) is 5.13 Å². The molecule has 0 saturated heterocycles. The summed E-state index contributed by atoms with van der Waals surface area (Å²) in [6.07, 6.45) is 0. The first-order valence-corrected chi connectivity index (χ1v) is 5.40. The largest absolute Gasteiger partial charge is 0.351 e. The Morgan fingerprint density at radius 2 is 2.08 bits per heavy atom. The average molecular weight is 198 g/mol. The highest BCUT2D eigenvalue weighted by Gasteiger charge is 2.15. The zero-order valence-electron chi connectivity index (χ0n) is 9.09.